The Labute approximate surface area is 141 Å². The number of hydrogen-bond donors (Lipinski definition) is 0. The van der Waals surface area contributed by atoms with Crippen LogP contribution in [0.25, 0.3) is 0 Å². The Balaban J connectivity index is 1.79. The summed E-state index contributed by atoms with van der Waals surface area (Å²) in [6.45, 7) is 4.00. The molecular formula is C20H20N2O2. The van der Waals surface area contributed by atoms with Gasteiger partial charge in [0.2, 0.25) is 0 Å². The van der Waals surface area contributed by atoms with Gasteiger partial charge in [0.05, 0.1) is 5.69 Å². The van der Waals surface area contributed by atoms with Crippen molar-refractivity contribution in [2.24, 2.45) is 0 Å². The number of imide groups is 1. The molecule has 2 aromatic rings. The van der Waals surface area contributed by atoms with E-state index in [-0.39, 0.29) is 11.9 Å². The molecule has 1 aliphatic heterocycles. The summed E-state index contributed by atoms with van der Waals surface area (Å²) < 4.78 is 0. The molecule has 1 aliphatic carbocycles. The maximum Gasteiger partial charge on any atom is 0.336 e. The normalized spacial score (nSPS) is 19.1. The van der Waals surface area contributed by atoms with Crippen molar-refractivity contribution in [3.8, 4) is 0 Å². The first-order valence-corrected chi connectivity index (χ1v) is 8.35. The van der Waals surface area contributed by atoms with E-state index in [2.05, 4.69) is 0 Å². The van der Waals surface area contributed by atoms with E-state index in [4.69, 9.17) is 0 Å². The highest BCUT2D eigenvalue weighted by atomic mass is 16.2. The van der Waals surface area contributed by atoms with E-state index in [1.54, 1.807) is 4.90 Å². The molecule has 4 rings (SSSR count). The number of carbonyl (C=O) groups is 2. The summed E-state index contributed by atoms with van der Waals surface area (Å²) >= 11 is 0. The molecule has 1 spiro atoms. The van der Waals surface area contributed by atoms with Gasteiger partial charge in [-0.05, 0) is 57.4 Å². The number of nitrogens with zero attached hydrogens (tertiary/aromatic N) is 2. The first kappa shape index (κ1) is 14.9. The number of hydrogen-bond acceptors (Lipinski definition) is 2. The van der Waals surface area contributed by atoms with E-state index in [1.807, 2.05) is 62.4 Å². The third kappa shape index (κ3) is 1.99. The third-order valence-electron chi connectivity index (χ3n) is 5.18. The van der Waals surface area contributed by atoms with Crippen LogP contribution in [0.5, 0.6) is 0 Å². The highest BCUT2D eigenvalue weighted by Gasteiger charge is 2.61. The average molecular weight is 320 g/mol. The first-order valence-electron chi connectivity index (χ1n) is 8.35. The van der Waals surface area contributed by atoms with Crippen LogP contribution in [0.3, 0.4) is 0 Å². The van der Waals surface area contributed by atoms with Crippen molar-refractivity contribution in [1.82, 2.24) is 0 Å². The molecule has 2 aromatic carbocycles. The van der Waals surface area contributed by atoms with Crippen LogP contribution in [-0.2, 0) is 4.79 Å². The van der Waals surface area contributed by atoms with Crippen LogP contribution in [0.2, 0.25) is 0 Å². The van der Waals surface area contributed by atoms with Crippen LogP contribution >= 0.6 is 0 Å². The van der Waals surface area contributed by atoms with E-state index in [0.29, 0.717) is 5.69 Å². The molecule has 3 amide bonds. The number of carbonyl (C=O) groups excluding carboxylic acids is 2. The lowest BCUT2D eigenvalue weighted by Crippen LogP contribution is -2.55. The van der Waals surface area contributed by atoms with E-state index in [9.17, 15) is 9.59 Å². The lowest BCUT2D eigenvalue weighted by Gasteiger charge is -2.42. The summed E-state index contributed by atoms with van der Waals surface area (Å²) in [7, 11) is 0. The van der Waals surface area contributed by atoms with Crippen molar-refractivity contribution in [3.63, 3.8) is 0 Å². The topological polar surface area (TPSA) is 40.6 Å². The van der Waals surface area contributed by atoms with Gasteiger partial charge in [0.15, 0.2) is 0 Å². The Morgan fingerprint density at radius 1 is 0.792 bits per heavy atom. The fourth-order valence-corrected chi connectivity index (χ4v) is 3.60. The molecular weight excluding hydrogens is 300 g/mol. The molecule has 0 bridgehead atoms. The van der Waals surface area contributed by atoms with Gasteiger partial charge >= 0.3 is 6.03 Å². The lowest BCUT2D eigenvalue weighted by atomic mass is 9.75. The van der Waals surface area contributed by atoms with Gasteiger partial charge < -0.3 is 0 Å². The van der Waals surface area contributed by atoms with Gasteiger partial charge in [-0.25, -0.2) is 9.69 Å². The third-order valence-corrected chi connectivity index (χ3v) is 5.18. The van der Waals surface area contributed by atoms with Crippen LogP contribution in [0, 0.1) is 13.8 Å². The molecule has 1 heterocycles. The molecule has 0 radical (unpaired) electrons. The van der Waals surface area contributed by atoms with Crippen LogP contribution in [0.4, 0.5) is 16.2 Å². The number of amides is 3. The molecule has 2 aliphatic rings. The molecule has 0 aromatic heterocycles. The number of urea groups is 1. The second-order valence-corrected chi connectivity index (χ2v) is 6.81. The van der Waals surface area contributed by atoms with Gasteiger partial charge in [0.1, 0.15) is 5.54 Å². The number of anilines is 2. The van der Waals surface area contributed by atoms with Crippen molar-refractivity contribution < 1.29 is 9.59 Å². The zero-order valence-electron chi connectivity index (χ0n) is 14.0. The maximum atomic E-state index is 13.1. The minimum absolute atomic E-state index is 0.0943. The van der Waals surface area contributed by atoms with Crippen molar-refractivity contribution in [2.45, 2.75) is 38.6 Å². The summed E-state index contributed by atoms with van der Waals surface area (Å²) in [6, 6.07) is 15.1. The van der Waals surface area contributed by atoms with Crippen molar-refractivity contribution >= 4 is 23.3 Å². The van der Waals surface area contributed by atoms with E-state index in [0.717, 1.165) is 36.1 Å². The fourth-order valence-electron chi connectivity index (χ4n) is 3.60. The summed E-state index contributed by atoms with van der Waals surface area (Å²) in [5.74, 6) is -0.0943. The first-order chi connectivity index (χ1) is 11.5. The van der Waals surface area contributed by atoms with Crippen LogP contribution in [-0.4, -0.2) is 17.5 Å². The summed E-state index contributed by atoms with van der Waals surface area (Å²) in [5, 5.41) is 0. The number of benzene rings is 2. The van der Waals surface area contributed by atoms with Crippen LogP contribution < -0.4 is 9.80 Å². The van der Waals surface area contributed by atoms with Crippen molar-refractivity contribution in [1.29, 1.82) is 0 Å². The summed E-state index contributed by atoms with van der Waals surface area (Å²) in [5.41, 5.74) is 2.99. The number of aryl methyl sites for hydroxylation is 2. The van der Waals surface area contributed by atoms with Gasteiger partial charge in [-0.1, -0.05) is 35.4 Å². The quantitative estimate of drug-likeness (QED) is 0.778. The highest BCUT2D eigenvalue weighted by molar-refractivity contribution is 6.30. The van der Waals surface area contributed by atoms with Gasteiger partial charge in [0, 0.05) is 5.69 Å². The molecule has 1 saturated carbocycles. The van der Waals surface area contributed by atoms with Crippen molar-refractivity contribution in [3.05, 3.63) is 59.7 Å². The monoisotopic (exact) mass is 320 g/mol. The van der Waals surface area contributed by atoms with Gasteiger partial charge in [-0.2, -0.15) is 0 Å². The molecule has 1 saturated heterocycles. The molecule has 0 unspecified atom stereocenters. The molecule has 0 atom stereocenters. The molecule has 24 heavy (non-hydrogen) atoms. The minimum atomic E-state index is -0.697. The van der Waals surface area contributed by atoms with E-state index in [1.165, 1.54) is 4.90 Å². The minimum Gasteiger partial charge on any atom is -0.278 e. The second kappa shape index (κ2) is 5.20. The Hall–Kier alpha value is -2.62. The fraction of sp³-hybridized carbons (Fsp3) is 0.300. The largest absolute Gasteiger partial charge is 0.336 e. The van der Waals surface area contributed by atoms with E-state index >= 15 is 0 Å². The van der Waals surface area contributed by atoms with E-state index < -0.39 is 5.54 Å². The lowest BCUT2D eigenvalue weighted by molar-refractivity contribution is -0.123. The zero-order valence-corrected chi connectivity index (χ0v) is 14.0. The molecule has 2 fully saturated rings. The zero-order chi connectivity index (χ0) is 16.9. The molecule has 4 nitrogen and oxygen atoms in total. The van der Waals surface area contributed by atoms with Crippen LogP contribution in [0.15, 0.2) is 48.5 Å². The average Bonchev–Trinajstić information content (AvgIpc) is 2.77. The van der Waals surface area contributed by atoms with Crippen molar-refractivity contribution in [2.75, 3.05) is 9.80 Å². The smallest absolute Gasteiger partial charge is 0.278 e. The maximum absolute atomic E-state index is 13.1. The molecule has 0 N–H and O–H groups in total. The summed E-state index contributed by atoms with van der Waals surface area (Å²) in [4.78, 5) is 29.3. The Bertz CT molecular complexity index is 805. The van der Waals surface area contributed by atoms with Gasteiger partial charge in [-0.3, -0.25) is 9.69 Å². The Kier molecular flexibility index (Phi) is 3.23. The SMILES string of the molecule is Cc1ccc(N2C(=O)N(c3ccc(C)cc3)C3(CCC3)C2=O)cc1. The van der Waals surface area contributed by atoms with Crippen LogP contribution in [0.1, 0.15) is 30.4 Å². The Morgan fingerprint density at radius 3 is 1.75 bits per heavy atom. The molecule has 4 heteroatoms. The predicted molar refractivity (Wildman–Crippen MR) is 94.3 cm³/mol. The Morgan fingerprint density at radius 2 is 1.29 bits per heavy atom. The van der Waals surface area contributed by atoms with Gasteiger partial charge in [-0.15, -0.1) is 0 Å². The summed E-state index contributed by atoms with van der Waals surface area (Å²) in [6.07, 6.45) is 2.44. The standard InChI is InChI=1S/C20H20N2O2/c1-14-4-8-16(9-5-14)21-18(23)20(12-3-13-20)22(19(21)24)17-10-6-15(2)7-11-17/h4-11H,3,12-13H2,1-2H3. The van der Waals surface area contributed by atoms with Gasteiger partial charge in [0.25, 0.3) is 5.91 Å². The molecule has 122 valence electrons. The predicted octanol–water partition coefficient (Wildman–Crippen LogP) is 4.20. The second-order valence-electron chi connectivity index (χ2n) is 6.81. The number of rotatable bonds is 2. The highest BCUT2D eigenvalue weighted by Crippen LogP contribution is 2.47.